The molecule has 0 aromatic rings. The van der Waals surface area contributed by atoms with Crippen molar-refractivity contribution in [1.29, 1.82) is 0 Å². The highest BCUT2D eigenvalue weighted by atomic mass is 32.1. The van der Waals surface area contributed by atoms with Crippen molar-refractivity contribution in [1.82, 2.24) is 0 Å². The van der Waals surface area contributed by atoms with Crippen LogP contribution >= 0.6 is 12.2 Å². The zero-order chi connectivity index (χ0) is 8.69. The average Bonchev–Trinajstić information content (AvgIpc) is 1.87. The van der Waals surface area contributed by atoms with E-state index < -0.39 is 0 Å². The third-order valence-electron chi connectivity index (χ3n) is 1.18. The number of hydrogen-bond donors (Lipinski definition) is 0. The summed E-state index contributed by atoms with van der Waals surface area (Å²) in [5, 5.41) is 0.271. The van der Waals surface area contributed by atoms with E-state index in [9.17, 15) is 0 Å². The molecule has 0 spiro atoms. The Kier molecular flexibility index (Phi) is 6.22. The molecule has 66 valence electrons. The second-order valence-electron chi connectivity index (χ2n) is 2.71. The lowest BCUT2D eigenvalue weighted by Gasteiger charge is -2.08. The molecule has 0 N–H and O–H groups in total. The molecule has 0 amide bonds. The maximum atomic E-state index is 5.10. The molecule has 0 unspecified atom stereocenters. The standard InChI is InChI=1S/C8H16O2S/c1-4-9-8(11)10-6-5-7(2)3/h7H,4-6H2,1-3H3. The number of hydrogen-bond acceptors (Lipinski definition) is 3. The highest BCUT2D eigenvalue weighted by Crippen LogP contribution is 1.99. The van der Waals surface area contributed by atoms with E-state index in [0.717, 1.165) is 6.42 Å². The molecule has 0 saturated carbocycles. The van der Waals surface area contributed by atoms with Gasteiger partial charge in [-0.05, 0) is 19.3 Å². The Balaban J connectivity index is 3.17. The lowest BCUT2D eigenvalue weighted by atomic mass is 10.1. The maximum Gasteiger partial charge on any atom is 0.352 e. The van der Waals surface area contributed by atoms with Gasteiger partial charge in [0, 0.05) is 12.2 Å². The Morgan fingerprint density at radius 1 is 1.36 bits per heavy atom. The van der Waals surface area contributed by atoms with Gasteiger partial charge < -0.3 is 9.47 Å². The molecule has 0 radical (unpaired) electrons. The van der Waals surface area contributed by atoms with Crippen LogP contribution in [0.15, 0.2) is 0 Å². The zero-order valence-corrected chi connectivity index (χ0v) is 8.24. The first-order chi connectivity index (χ1) is 5.16. The van der Waals surface area contributed by atoms with Gasteiger partial charge >= 0.3 is 5.24 Å². The molecule has 0 atom stereocenters. The van der Waals surface area contributed by atoms with Crippen LogP contribution in [0.5, 0.6) is 0 Å². The van der Waals surface area contributed by atoms with Gasteiger partial charge in [0.1, 0.15) is 0 Å². The second kappa shape index (κ2) is 6.40. The molecular formula is C8H16O2S. The summed E-state index contributed by atoms with van der Waals surface area (Å²) in [4.78, 5) is 0. The van der Waals surface area contributed by atoms with E-state index in [2.05, 4.69) is 13.8 Å². The van der Waals surface area contributed by atoms with Crippen LogP contribution in [0.4, 0.5) is 0 Å². The highest BCUT2D eigenvalue weighted by Gasteiger charge is 1.97. The fourth-order valence-corrected chi connectivity index (χ4v) is 0.739. The molecule has 2 nitrogen and oxygen atoms in total. The molecule has 0 aliphatic carbocycles. The molecule has 0 aliphatic heterocycles. The Labute approximate surface area is 73.9 Å². The first kappa shape index (κ1) is 10.7. The molecule has 0 aromatic carbocycles. The van der Waals surface area contributed by atoms with Crippen LogP contribution in [0.2, 0.25) is 0 Å². The summed E-state index contributed by atoms with van der Waals surface area (Å²) in [5.41, 5.74) is 0. The van der Waals surface area contributed by atoms with Crippen molar-refractivity contribution in [3.63, 3.8) is 0 Å². The van der Waals surface area contributed by atoms with Gasteiger partial charge in [0.25, 0.3) is 0 Å². The SMILES string of the molecule is CCOC(=S)OCCC(C)C. The molecule has 0 aromatic heterocycles. The monoisotopic (exact) mass is 176 g/mol. The third kappa shape index (κ3) is 7.59. The van der Waals surface area contributed by atoms with Crippen molar-refractivity contribution in [2.45, 2.75) is 27.2 Å². The smallest absolute Gasteiger partial charge is 0.352 e. The van der Waals surface area contributed by atoms with E-state index in [1.807, 2.05) is 6.92 Å². The number of thiocarbonyl (C=S) groups is 1. The first-order valence-corrected chi connectivity index (χ1v) is 4.37. The summed E-state index contributed by atoms with van der Waals surface area (Å²) >= 11 is 4.76. The molecule has 0 heterocycles. The Hall–Kier alpha value is -0.310. The molecular weight excluding hydrogens is 160 g/mol. The minimum atomic E-state index is 0.271. The van der Waals surface area contributed by atoms with Gasteiger partial charge in [-0.1, -0.05) is 13.8 Å². The average molecular weight is 176 g/mol. The summed E-state index contributed by atoms with van der Waals surface area (Å²) in [6, 6.07) is 0. The Morgan fingerprint density at radius 2 is 2.00 bits per heavy atom. The van der Waals surface area contributed by atoms with Gasteiger partial charge in [-0.15, -0.1) is 0 Å². The predicted octanol–water partition coefficient (Wildman–Crippen LogP) is 2.37. The molecule has 0 fully saturated rings. The van der Waals surface area contributed by atoms with Crippen molar-refractivity contribution < 1.29 is 9.47 Å². The van der Waals surface area contributed by atoms with Crippen LogP contribution in [-0.2, 0) is 9.47 Å². The first-order valence-electron chi connectivity index (χ1n) is 3.96. The summed E-state index contributed by atoms with van der Waals surface area (Å²) in [7, 11) is 0. The van der Waals surface area contributed by atoms with Gasteiger partial charge in [-0.25, -0.2) is 0 Å². The van der Waals surface area contributed by atoms with E-state index in [1.54, 1.807) is 0 Å². The van der Waals surface area contributed by atoms with Crippen molar-refractivity contribution in [3.8, 4) is 0 Å². The summed E-state index contributed by atoms with van der Waals surface area (Å²) in [6.45, 7) is 7.43. The number of ether oxygens (including phenoxy) is 2. The Morgan fingerprint density at radius 3 is 2.45 bits per heavy atom. The minimum Gasteiger partial charge on any atom is -0.457 e. The van der Waals surface area contributed by atoms with Crippen LogP contribution in [-0.4, -0.2) is 18.5 Å². The van der Waals surface area contributed by atoms with Crippen LogP contribution < -0.4 is 0 Å². The van der Waals surface area contributed by atoms with Gasteiger partial charge in [0.05, 0.1) is 13.2 Å². The lowest BCUT2D eigenvalue weighted by Crippen LogP contribution is -2.08. The molecule has 11 heavy (non-hydrogen) atoms. The predicted molar refractivity (Wildman–Crippen MR) is 49.6 cm³/mol. The fourth-order valence-electron chi connectivity index (χ4n) is 0.537. The fraction of sp³-hybridized carbons (Fsp3) is 0.875. The number of rotatable bonds is 4. The lowest BCUT2D eigenvalue weighted by molar-refractivity contribution is 0.177. The van der Waals surface area contributed by atoms with Crippen LogP contribution in [0.1, 0.15) is 27.2 Å². The zero-order valence-electron chi connectivity index (χ0n) is 7.42. The van der Waals surface area contributed by atoms with E-state index in [-0.39, 0.29) is 5.24 Å². The quantitative estimate of drug-likeness (QED) is 0.613. The molecule has 0 saturated heterocycles. The third-order valence-corrected chi connectivity index (χ3v) is 1.41. The van der Waals surface area contributed by atoms with Crippen LogP contribution in [0.25, 0.3) is 0 Å². The summed E-state index contributed by atoms with van der Waals surface area (Å²) in [5.74, 6) is 0.652. The van der Waals surface area contributed by atoms with Gasteiger partial charge in [-0.3, -0.25) is 0 Å². The van der Waals surface area contributed by atoms with E-state index in [4.69, 9.17) is 21.7 Å². The minimum absolute atomic E-state index is 0.271. The molecule has 0 rings (SSSR count). The van der Waals surface area contributed by atoms with E-state index in [0.29, 0.717) is 19.1 Å². The van der Waals surface area contributed by atoms with Crippen molar-refractivity contribution in [2.75, 3.05) is 13.2 Å². The summed E-state index contributed by atoms with van der Waals surface area (Å²) < 4.78 is 10.0. The molecule has 0 bridgehead atoms. The van der Waals surface area contributed by atoms with Gasteiger partial charge in [0.2, 0.25) is 0 Å². The van der Waals surface area contributed by atoms with Crippen molar-refractivity contribution >= 4 is 17.5 Å². The van der Waals surface area contributed by atoms with E-state index in [1.165, 1.54) is 0 Å². The van der Waals surface area contributed by atoms with E-state index >= 15 is 0 Å². The highest BCUT2D eigenvalue weighted by molar-refractivity contribution is 7.79. The van der Waals surface area contributed by atoms with Gasteiger partial charge in [0.15, 0.2) is 0 Å². The topological polar surface area (TPSA) is 18.5 Å². The normalized spacial score (nSPS) is 9.82. The summed E-state index contributed by atoms with van der Waals surface area (Å²) in [6.07, 6.45) is 1.02. The molecule has 3 heteroatoms. The van der Waals surface area contributed by atoms with Crippen molar-refractivity contribution in [3.05, 3.63) is 0 Å². The second-order valence-corrected chi connectivity index (χ2v) is 3.05. The largest absolute Gasteiger partial charge is 0.457 e. The Bertz CT molecular complexity index is 113. The van der Waals surface area contributed by atoms with Crippen LogP contribution in [0.3, 0.4) is 0 Å². The maximum absolute atomic E-state index is 5.10. The van der Waals surface area contributed by atoms with Gasteiger partial charge in [-0.2, -0.15) is 0 Å². The van der Waals surface area contributed by atoms with Crippen LogP contribution in [0, 0.1) is 5.92 Å². The molecule has 0 aliphatic rings. The van der Waals surface area contributed by atoms with Crippen molar-refractivity contribution in [2.24, 2.45) is 5.92 Å².